The van der Waals surface area contributed by atoms with Crippen molar-refractivity contribution >= 4 is 23.1 Å². The van der Waals surface area contributed by atoms with E-state index in [1.54, 1.807) is 29.1 Å². The number of carbonyl (C=O) groups excluding carboxylic acids is 1. The second-order valence-electron chi connectivity index (χ2n) is 4.78. The first-order chi connectivity index (χ1) is 10.7. The maximum Gasteiger partial charge on any atom is 0.266 e. The zero-order chi connectivity index (χ0) is 15.5. The van der Waals surface area contributed by atoms with Crippen LogP contribution in [0.25, 0.3) is 11.5 Å². The highest BCUT2D eigenvalue weighted by Crippen LogP contribution is 2.23. The van der Waals surface area contributed by atoms with Crippen LogP contribution in [-0.2, 0) is 6.54 Å². The molecule has 3 aromatic heterocycles. The lowest BCUT2D eigenvalue weighted by molar-refractivity contribution is 0.102. The summed E-state index contributed by atoms with van der Waals surface area (Å²) in [4.78, 5) is 12.9. The minimum absolute atomic E-state index is 0.0692. The smallest absolute Gasteiger partial charge is 0.266 e. The number of aliphatic hydroxyl groups excluding tert-OH is 1. The minimum Gasteiger partial charge on any atom is -0.463 e. The number of thiophene rings is 1. The van der Waals surface area contributed by atoms with Gasteiger partial charge in [0.25, 0.3) is 5.91 Å². The maximum absolute atomic E-state index is 12.3. The number of furan rings is 1. The largest absolute Gasteiger partial charge is 0.463 e. The van der Waals surface area contributed by atoms with Gasteiger partial charge in [0.05, 0.1) is 24.3 Å². The Balaban J connectivity index is 1.87. The van der Waals surface area contributed by atoms with E-state index in [2.05, 4.69) is 10.4 Å². The Morgan fingerprint density at radius 1 is 1.50 bits per heavy atom. The Morgan fingerprint density at radius 3 is 3.00 bits per heavy atom. The number of nitrogens with zero attached hydrogens (tertiary/aromatic N) is 2. The zero-order valence-electron chi connectivity index (χ0n) is 11.9. The summed E-state index contributed by atoms with van der Waals surface area (Å²) in [6.07, 6.45) is 1.56. The Labute approximate surface area is 131 Å². The third kappa shape index (κ3) is 2.95. The summed E-state index contributed by atoms with van der Waals surface area (Å²) in [6, 6.07) is 7.12. The van der Waals surface area contributed by atoms with E-state index >= 15 is 0 Å². The van der Waals surface area contributed by atoms with Crippen molar-refractivity contribution < 1.29 is 14.3 Å². The van der Waals surface area contributed by atoms with Gasteiger partial charge in [-0.05, 0) is 36.1 Å². The van der Waals surface area contributed by atoms with Crippen LogP contribution in [0.3, 0.4) is 0 Å². The van der Waals surface area contributed by atoms with Crippen molar-refractivity contribution in [3.05, 3.63) is 46.3 Å². The fraction of sp³-hybridized carbons (Fsp3) is 0.200. The molecule has 0 aromatic carbocycles. The molecule has 0 spiro atoms. The van der Waals surface area contributed by atoms with Crippen LogP contribution < -0.4 is 5.32 Å². The summed E-state index contributed by atoms with van der Waals surface area (Å²) in [5.74, 6) is 0.943. The summed E-state index contributed by atoms with van der Waals surface area (Å²) in [7, 11) is 0. The van der Waals surface area contributed by atoms with Gasteiger partial charge in [0.15, 0.2) is 5.76 Å². The van der Waals surface area contributed by atoms with Gasteiger partial charge in [-0.2, -0.15) is 5.10 Å². The van der Waals surface area contributed by atoms with E-state index in [1.807, 2.05) is 18.4 Å². The lowest BCUT2D eigenvalue weighted by atomic mass is 10.3. The van der Waals surface area contributed by atoms with E-state index in [0.29, 0.717) is 28.7 Å². The molecule has 114 valence electrons. The molecule has 0 unspecified atom stereocenters. The number of anilines is 1. The van der Waals surface area contributed by atoms with E-state index in [0.717, 1.165) is 5.56 Å². The highest BCUT2D eigenvalue weighted by molar-refractivity contribution is 7.12. The third-order valence-electron chi connectivity index (χ3n) is 3.06. The summed E-state index contributed by atoms with van der Waals surface area (Å²) in [5, 5.41) is 18.2. The Hall–Kier alpha value is -2.38. The lowest BCUT2D eigenvalue weighted by Crippen LogP contribution is -2.15. The number of aromatic nitrogens is 2. The molecule has 2 N–H and O–H groups in total. The predicted octanol–water partition coefficient (Wildman–Crippen LogP) is 2.76. The quantitative estimate of drug-likeness (QED) is 0.758. The van der Waals surface area contributed by atoms with Crippen LogP contribution in [0.2, 0.25) is 0 Å². The molecule has 0 aliphatic carbocycles. The van der Waals surface area contributed by atoms with Crippen molar-refractivity contribution in [1.82, 2.24) is 9.78 Å². The van der Waals surface area contributed by atoms with Gasteiger partial charge in [0, 0.05) is 6.07 Å². The average Bonchev–Trinajstić information content (AvgIpc) is 3.20. The van der Waals surface area contributed by atoms with Crippen molar-refractivity contribution in [1.29, 1.82) is 0 Å². The first-order valence-corrected chi connectivity index (χ1v) is 7.64. The molecule has 0 saturated heterocycles. The lowest BCUT2D eigenvalue weighted by Gasteiger charge is -2.06. The fourth-order valence-electron chi connectivity index (χ4n) is 2.06. The van der Waals surface area contributed by atoms with Crippen LogP contribution in [-0.4, -0.2) is 27.4 Å². The van der Waals surface area contributed by atoms with Crippen LogP contribution in [0.5, 0.6) is 0 Å². The molecular formula is C15H15N3O3S. The van der Waals surface area contributed by atoms with Gasteiger partial charge in [-0.15, -0.1) is 11.3 Å². The monoisotopic (exact) mass is 317 g/mol. The number of aliphatic hydroxyl groups is 1. The average molecular weight is 317 g/mol. The first-order valence-electron chi connectivity index (χ1n) is 6.76. The SMILES string of the molecule is Cc1csc(C(=O)Nc2cc(-c3ccco3)nn2CCO)c1. The third-order valence-corrected chi connectivity index (χ3v) is 4.11. The summed E-state index contributed by atoms with van der Waals surface area (Å²) >= 11 is 1.39. The van der Waals surface area contributed by atoms with Crippen LogP contribution >= 0.6 is 11.3 Å². The van der Waals surface area contributed by atoms with Gasteiger partial charge in [-0.25, -0.2) is 4.68 Å². The molecule has 0 aliphatic rings. The molecule has 6 nitrogen and oxygen atoms in total. The Morgan fingerprint density at radius 2 is 2.36 bits per heavy atom. The Bertz CT molecular complexity index is 774. The molecule has 3 aromatic rings. The first kappa shape index (κ1) is 14.6. The van der Waals surface area contributed by atoms with E-state index in [9.17, 15) is 4.79 Å². The molecule has 0 atom stereocenters. The molecule has 0 aliphatic heterocycles. The van der Waals surface area contributed by atoms with Gasteiger partial charge in [0.1, 0.15) is 11.5 Å². The number of hydrogen-bond acceptors (Lipinski definition) is 5. The van der Waals surface area contributed by atoms with E-state index in [1.165, 1.54) is 11.3 Å². The maximum atomic E-state index is 12.3. The van der Waals surface area contributed by atoms with Crippen LogP contribution in [0, 0.1) is 6.92 Å². The van der Waals surface area contributed by atoms with Crippen molar-refractivity contribution in [3.8, 4) is 11.5 Å². The predicted molar refractivity (Wildman–Crippen MR) is 84.0 cm³/mol. The molecule has 22 heavy (non-hydrogen) atoms. The number of nitrogens with one attached hydrogen (secondary N) is 1. The van der Waals surface area contributed by atoms with Crippen LogP contribution in [0.1, 0.15) is 15.2 Å². The van der Waals surface area contributed by atoms with Crippen LogP contribution in [0.15, 0.2) is 40.3 Å². The zero-order valence-corrected chi connectivity index (χ0v) is 12.8. The minimum atomic E-state index is -0.191. The molecule has 0 fully saturated rings. The Kier molecular flexibility index (Phi) is 4.08. The highest BCUT2D eigenvalue weighted by Gasteiger charge is 2.15. The fourth-order valence-corrected chi connectivity index (χ4v) is 2.85. The molecule has 0 bridgehead atoms. The topological polar surface area (TPSA) is 80.3 Å². The second kappa shape index (κ2) is 6.17. The summed E-state index contributed by atoms with van der Waals surface area (Å²) < 4.78 is 6.86. The van der Waals surface area contributed by atoms with E-state index < -0.39 is 0 Å². The standard InChI is InChI=1S/C15H15N3O3S/c1-10-7-13(22-9-10)15(20)16-14-8-11(12-3-2-6-21-12)17-18(14)4-5-19/h2-3,6-9,19H,4-5H2,1H3,(H,16,20). The molecule has 7 heteroatoms. The van der Waals surface area contributed by atoms with Crippen molar-refractivity contribution in [3.63, 3.8) is 0 Å². The molecule has 0 radical (unpaired) electrons. The molecule has 3 heterocycles. The highest BCUT2D eigenvalue weighted by atomic mass is 32.1. The molecule has 0 saturated carbocycles. The van der Waals surface area contributed by atoms with Gasteiger partial charge < -0.3 is 14.8 Å². The number of aryl methyl sites for hydroxylation is 1. The van der Waals surface area contributed by atoms with E-state index in [4.69, 9.17) is 9.52 Å². The summed E-state index contributed by atoms with van der Waals surface area (Å²) in [6.45, 7) is 2.17. The molecule has 3 rings (SSSR count). The van der Waals surface area contributed by atoms with Crippen LogP contribution in [0.4, 0.5) is 5.82 Å². The second-order valence-corrected chi connectivity index (χ2v) is 5.69. The normalized spacial score (nSPS) is 10.8. The number of rotatable bonds is 5. The summed E-state index contributed by atoms with van der Waals surface area (Å²) in [5.41, 5.74) is 1.66. The number of hydrogen-bond donors (Lipinski definition) is 2. The van der Waals surface area contributed by atoms with Crippen molar-refractivity contribution in [2.24, 2.45) is 0 Å². The van der Waals surface area contributed by atoms with Crippen molar-refractivity contribution in [2.75, 3.05) is 11.9 Å². The van der Waals surface area contributed by atoms with Gasteiger partial charge in [-0.1, -0.05) is 0 Å². The molecule has 1 amide bonds. The van der Waals surface area contributed by atoms with Gasteiger partial charge >= 0.3 is 0 Å². The number of amides is 1. The molecular weight excluding hydrogens is 302 g/mol. The van der Waals surface area contributed by atoms with E-state index in [-0.39, 0.29) is 12.5 Å². The van der Waals surface area contributed by atoms with Gasteiger partial charge in [-0.3, -0.25) is 4.79 Å². The van der Waals surface area contributed by atoms with Crippen molar-refractivity contribution in [2.45, 2.75) is 13.5 Å². The van der Waals surface area contributed by atoms with Gasteiger partial charge in [0.2, 0.25) is 0 Å². The number of carbonyl (C=O) groups is 1.